The third-order valence-electron chi connectivity index (χ3n) is 3.85. The normalized spacial score (nSPS) is 17.7. The van der Waals surface area contributed by atoms with Crippen molar-refractivity contribution in [3.05, 3.63) is 23.8 Å². The molecule has 2 N–H and O–H groups in total. The van der Waals surface area contributed by atoms with Crippen LogP contribution in [0.4, 0.5) is 0 Å². The lowest BCUT2D eigenvalue weighted by molar-refractivity contribution is 0.0597. The maximum Gasteiger partial charge on any atom is 0.341 e. The van der Waals surface area contributed by atoms with Gasteiger partial charge in [0.25, 0.3) is 0 Å². The van der Waals surface area contributed by atoms with Gasteiger partial charge in [0.2, 0.25) is 10.0 Å². The first-order chi connectivity index (χ1) is 11.0. The van der Waals surface area contributed by atoms with Gasteiger partial charge in [0.15, 0.2) is 0 Å². The predicted molar refractivity (Wildman–Crippen MR) is 92.4 cm³/mol. The molecule has 0 amide bonds. The van der Waals surface area contributed by atoms with Crippen molar-refractivity contribution in [2.45, 2.75) is 17.7 Å². The fourth-order valence-electron chi connectivity index (χ4n) is 2.53. The number of benzene rings is 1. The monoisotopic (exact) mass is 378 g/mol. The first-order valence-corrected chi connectivity index (χ1v) is 8.93. The van der Waals surface area contributed by atoms with Crippen LogP contribution in [0.25, 0.3) is 0 Å². The van der Waals surface area contributed by atoms with Gasteiger partial charge in [0.05, 0.1) is 19.1 Å². The van der Waals surface area contributed by atoms with Crippen LogP contribution in [0.2, 0.25) is 0 Å². The molecule has 0 aliphatic carbocycles. The predicted octanol–water partition coefficient (Wildman–Crippen LogP) is 1.18. The molecule has 0 bridgehead atoms. The summed E-state index contributed by atoms with van der Waals surface area (Å²) in [6.45, 7) is 2.15. The molecule has 136 valence electrons. The van der Waals surface area contributed by atoms with E-state index in [1.165, 1.54) is 32.4 Å². The van der Waals surface area contributed by atoms with Crippen molar-refractivity contribution in [3.8, 4) is 5.75 Å². The summed E-state index contributed by atoms with van der Waals surface area (Å²) in [4.78, 5) is 11.8. The Morgan fingerprint density at radius 3 is 2.71 bits per heavy atom. The minimum absolute atomic E-state index is 0. The van der Waals surface area contributed by atoms with Crippen LogP contribution in [-0.2, 0) is 14.8 Å². The molecule has 0 aromatic heterocycles. The molecule has 1 heterocycles. The van der Waals surface area contributed by atoms with Gasteiger partial charge in [0, 0.05) is 6.54 Å². The number of ether oxygens (including phenoxy) is 2. The highest BCUT2D eigenvalue weighted by Gasteiger charge is 2.22. The number of esters is 1. The quantitative estimate of drug-likeness (QED) is 0.722. The summed E-state index contributed by atoms with van der Waals surface area (Å²) in [6.07, 6.45) is 2.03. The standard InChI is InChI=1S/C15H22N2O5S.ClH/c1-21-14-6-5-12(8-13(14)15(18)22-2)23(19,20)17-10-11-4-3-7-16-9-11;/h5-6,8,11,16-17H,3-4,7,9-10H2,1-2H3;1H. The minimum Gasteiger partial charge on any atom is -0.496 e. The van der Waals surface area contributed by atoms with Gasteiger partial charge in [-0.15, -0.1) is 12.4 Å². The third-order valence-corrected chi connectivity index (χ3v) is 5.27. The van der Waals surface area contributed by atoms with Gasteiger partial charge in [-0.3, -0.25) is 0 Å². The molecule has 0 spiro atoms. The number of hydrogen-bond acceptors (Lipinski definition) is 6. The lowest BCUT2D eigenvalue weighted by atomic mass is 10.0. The Hall–Kier alpha value is -1.35. The fraction of sp³-hybridized carbons (Fsp3) is 0.533. The summed E-state index contributed by atoms with van der Waals surface area (Å²) in [6, 6.07) is 4.13. The highest BCUT2D eigenvalue weighted by atomic mass is 35.5. The highest BCUT2D eigenvalue weighted by molar-refractivity contribution is 7.89. The molecule has 0 radical (unpaired) electrons. The third kappa shape index (κ3) is 5.07. The van der Waals surface area contributed by atoms with E-state index in [2.05, 4.69) is 14.8 Å². The Morgan fingerprint density at radius 1 is 1.38 bits per heavy atom. The second kappa shape index (κ2) is 9.22. The van der Waals surface area contributed by atoms with Gasteiger partial charge in [0.1, 0.15) is 11.3 Å². The van der Waals surface area contributed by atoms with E-state index in [0.717, 1.165) is 25.9 Å². The Balaban J connectivity index is 0.00000288. The molecule has 1 aliphatic heterocycles. The van der Waals surface area contributed by atoms with Crippen LogP contribution in [0.15, 0.2) is 23.1 Å². The van der Waals surface area contributed by atoms with Crippen molar-refractivity contribution in [3.63, 3.8) is 0 Å². The molecule has 24 heavy (non-hydrogen) atoms. The van der Waals surface area contributed by atoms with Crippen LogP contribution >= 0.6 is 12.4 Å². The van der Waals surface area contributed by atoms with E-state index >= 15 is 0 Å². The van der Waals surface area contributed by atoms with Crippen LogP contribution in [0.5, 0.6) is 5.75 Å². The van der Waals surface area contributed by atoms with Gasteiger partial charge in [-0.2, -0.15) is 0 Å². The van der Waals surface area contributed by atoms with Crippen LogP contribution in [0.3, 0.4) is 0 Å². The molecular formula is C15H23ClN2O5S. The van der Waals surface area contributed by atoms with E-state index in [9.17, 15) is 13.2 Å². The largest absolute Gasteiger partial charge is 0.496 e. The minimum atomic E-state index is -3.69. The first kappa shape index (κ1) is 20.7. The molecule has 1 saturated heterocycles. The van der Waals surface area contributed by atoms with Crippen molar-refractivity contribution in [2.24, 2.45) is 5.92 Å². The summed E-state index contributed by atoms with van der Waals surface area (Å²) < 4.78 is 37.2. The SMILES string of the molecule is COC(=O)c1cc(S(=O)(=O)NCC2CCCNC2)ccc1OC.Cl. The smallest absolute Gasteiger partial charge is 0.341 e. The molecular weight excluding hydrogens is 356 g/mol. The van der Waals surface area contributed by atoms with Crippen molar-refractivity contribution in [1.29, 1.82) is 0 Å². The molecule has 2 rings (SSSR count). The number of nitrogens with one attached hydrogen (secondary N) is 2. The summed E-state index contributed by atoms with van der Waals surface area (Å²) in [5.41, 5.74) is 0.0807. The average Bonchev–Trinajstić information content (AvgIpc) is 2.59. The molecule has 9 heteroatoms. The van der Waals surface area contributed by atoms with Gasteiger partial charge in [-0.25, -0.2) is 17.9 Å². The summed E-state index contributed by atoms with van der Waals surface area (Å²) in [5, 5.41) is 3.25. The lowest BCUT2D eigenvalue weighted by Gasteiger charge is -2.22. The number of carbonyl (C=O) groups is 1. The Kier molecular flexibility index (Phi) is 7.95. The van der Waals surface area contributed by atoms with Crippen LogP contribution in [0, 0.1) is 5.92 Å². The number of rotatable bonds is 6. The molecule has 1 unspecified atom stereocenters. The number of hydrogen-bond donors (Lipinski definition) is 2. The van der Waals surface area contributed by atoms with E-state index in [4.69, 9.17) is 4.74 Å². The summed E-state index contributed by atoms with van der Waals surface area (Å²) in [5.74, 6) is -0.0977. The van der Waals surface area contributed by atoms with Gasteiger partial charge >= 0.3 is 5.97 Å². The van der Waals surface area contributed by atoms with Crippen LogP contribution < -0.4 is 14.8 Å². The number of carbonyl (C=O) groups excluding carboxylic acids is 1. The number of methoxy groups -OCH3 is 2. The van der Waals surface area contributed by atoms with Crippen molar-refractivity contribution < 1.29 is 22.7 Å². The van der Waals surface area contributed by atoms with E-state index in [1.807, 2.05) is 0 Å². The molecule has 7 nitrogen and oxygen atoms in total. The van der Waals surface area contributed by atoms with Gasteiger partial charge in [-0.05, 0) is 50.0 Å². The zero-order chi connectivity index (χ0) is 16.9. The Bertz CT molecular complexity index is 660. The lowest BCUT2D eigenvalue weighted by Crippen LogP contribution is -2.38. The number of halogens is 1. The summed E-state index contributed by atoms with van der Waals surface area (Å²) in [7, 11) is -1.05. The molecule has 0 saturated carbocycles. The van der Waals surface area contributed by atoms with Crippen molar-refractivity contribution in [1.82, 2.24) is 10.0 Å². The summed E-state index contributed by atoms with van der Waals surface area (Å²) >= 11 is 0. The highest BCUT2D eigenvalue weighted by Crippen LogP contribution is 2.23. The number of sulfonamides is 1. The van der Waals surface area contributed by atoms with E-state index in [0.29, 0.717) is 6.54 Å². The van der Waals surface area contributed by atoms with Crippen LogP contribution in [-0.4, -0.2) is 48.2 Å². The molecule has 1 aliphatic rings. The maximum absolute atomic E-state index is 12.4. The van der Waals surface area contributed by atoms with Gasteiger partial charge < -0.3 is 14.8 Å². The second-order valence-electron chi connectivity index (χ2n) is 5.42. The Morgan fingerprint density at radius 2 is 2.12 bits per heavy atom. The molecule has 1 fully saturated rings. The van der Waals surface area contributed by atoms with E-state index in [-0.39, 0.29) is 34.5 Å². The van der Waals surface area contributed by atoms with E-state index < -0.39 is 16.0 Å². The van der Waals surface area contributed by atoms with Crippen molar-refractivity contribution >= 4 is 28.4 Å². The number of piperidine rings is 1. The molecule has 1 atom stereocenters. The molecule has 1 aromatic rings. The second-order valence-corrected chi connectivity index (χ2v) is 7.18. The zero-order valence-corrected chi connectivity index (χ0v) is 15.3. The maximum atomic E-state index is 12.4. The Labute approximate surface area is 148 Å². The fourth-order valence-corrected chi connectivity index (χ4v) is 3.67. The van der Waals surface area contributed by atoms with Crippen molar-refractivity contribution in [2.75, 3.05) is 33.9 Å². The van der Waals surface area contributed by atoms with Gasteiger partial charge in [-0.1, -0.05) is 0 Å². The molecule has 1 aromatic carbocycles. The average molecular weight is 379 g/mol. The topological polar surface area (TPSA) is 93.7 Å². The van der Waals surface area contributed by atoms with E-state index in [1.54, 1.807) is 0 Å². The van der Waals surface area contributed by atoms with Crippen LogP contribution in [0.1, 0.15) is 23.2 Å². The first-order valence-electron chi connectivity index (χ1n) is 7.44. The zero-order valence-electron chi connectivity index (χ0n) is 13.7.